The van der Waals surface area contributed by atoms with Crippen LogP contribution in [0, 0.1) is 6.92 Å². The molecule has 9 nitrogen and oxygen atoms in total. The lowest BCUT2D eigenvalue weighted by Crippen LogP contribution is -2.44. The summed E-state index contributed by atoms with van der Waals surface area (Å²) in [5.41, 5.74) is 3.63. The van der Waals surface area contributed by atoms with Gasteiger partial charge in [0.05, 0.1) is 4.90 Å². The lowest BCUT2D eigenvalue weighted by molar-refractivity contribution is 0.313. The number of aryl methyl sites for hydroxylation is 1. The quantitative estimate of drug-likeness (QED) is 0.454. The molecular formula is C28H37N7O2S. The van der Waals surface area contributed by atoms with Gasteiger partial charge in [0.15, 0.2) is 0 Å². The number of hydrogen-bond acceptors (Lipinski definition) is 8. The number of nitrogens with one attached hydrogen (secondary N) is 2. The number of benzene rings is 2. The minimum atomic E-state index is -3.58. The van der Waals surface area contributed by atoms with Crippen LogP contribution in [-0.2, 0) is 10.0 Å². The summed E-state index contributed by atoms with van der Waals surface area (Å²) in [6.45, 7) is 10.1. The molecule has 10 heteroatoms. The van der Waals surface area contributed by atoms with Crippen molar-refractivity contribution in [3.63, 3.8) is 0 Å². The second-order valence-corrected chi connectivity index (χ2v) is 12.3. The van der Waals surface area contributed by atoms with E-state index in [-0.39, 0.29) is 17.0 Å². The van der Waals surface area contributed by atoms with Gasteiger partial charge in [-0.05, 0) is 83.1 Å². The fraction of sp³-hybridized carbons (Fsp3) is 0.429. The van der Waals surface area contributed by atoms with Gasteiger partial charge in [0.1, 0.15) is 5.82 Å². The molecule has 2 aromatic carbocycles. The molecule has 2 unspecified atom stereocenters. The first-order valence-corrected chi connectivity index (χ1v) is 14.7. The first kappa shape index (κ1) is 26.4. The molecule has 3 aromatic rings. The van der Waals surface area contributed by atoms with Gasteiger partial charge in [-0.3, -0.25) is 0 Å². The average molecular weight is 536 g/mol. The fourth-order valence-electron chi connectivity index (χ4n) is 5.22. The summed E-state index contributed by atoms with van der Waals surface area (Å²) in [5, 5.41) is 6.58. The maximum absolute atomic E-state index is 13.4. The van der Waals surface area contributed by atoms with Gasteiger partial charge in [-0.15, -0.1) is 0 Å². The largest absolute Gasteiger partial charge is 0.369 e. The summed E-state index contributed by atoms with van der Waals surface area (Å²) in [6, 6.07) is 15.3. The van der Waals surface area contributed by atoms with Crippen LogP contribution in [0.5, 0.6) is 0 Å². The Kier molecular flexibility index (Phi) is 7.56. The van der Waals surface area contributed by atoms with Crippen LogP contribution in [0.3, 0.4) is 0 Å². The Morgan fingerprint density at radius 3 is 2.26 bits per heavy atom. The third-order valence-electron chi connectivity index (χ3n) is 7.51. The molecule has 2 saturated heterocycles. The van der Waals surface area contributed by atoms with E-state index in [0.717, 1.165) is 50.3 Å². The maximum atomic E-state index is 13.4. The zero-order valence-electron chi connectivity index (χ0n) is 22.6. The van der Waals surface area contributed by atoms with Crippen LogP contribution >= 0.6 is 0 Å². The van der Waals surface area contributed by atoms with E-state index in [0.29, 0.717) is 17.5 Å². The number of likely N-dealkylation sites (N-methyl/N-ethyl adjacent to an activating group) is 1. The molecule has 2 atom stereocenters. The average Bonchev–Trinajstić information content (AvgIpc) is 3.25. The van der Waals surface area contributed by atoms with Crippen molar-refractivity contribution >= 4 is 38.9 Å². The van der Waals surface area contributed by atoms with Gasteiger partial charge in [0.2, 0.25) is 16.0 Å². The predicted octanol–water partition coefficient (Wildman–Crippen LogP) is 4.59. The Morgan fingerprint density at radius 1 is 0.895 bits per heavy atom. The first-order valence-electron chi connectivity index (χ1n) is 13.3. The van der Waals surface area contributed by atoms with Crippen molar-refractivity contribution in [2.24, 2.45) is 0 Å². The third kappa shape index (κ3) is 5.62. The number of anilines is 5. The second-order valence-electron chi connectivity index (χ2n) is 10.5. The van der Waals surface area contributed by atoms with E-state index < -0.39 is 10.0 Å². The molecule has 0 aliphatic carbocycles. The highest BCUT2D eigenvalue weighted by Crippen LogP contribution is 2.32. The summed E-state index contributed by atoms with van der Waals surface area (Å²) in [7, 11) is -1.43. The Balaban J connectivity index is 1.30. The van der Waals surface area contributed by atoms with Gasteiger partial charge < -0.3 is 20.4 Å². The molecule has 0 spiro atoms. The van der Waals surface area contributed by atoms with Crippen LogP contribution in [0.1, 0.15) is 32.3 Å². The Bertz CT molecular complexity index is 1360. The van der Waals surface area contributed by atoms with Crippen LogP contribution in [0.15, 0.2) is 59.6 Å². The van der Waals surface area contributed by atoms with E-state index in [1.165, 1.54) is 5.69 Å². The van der Waals surface area contributed by atoms with Crippen LogP contribution < -0.4 is 15.5 Å². The zero-order valence-corrected chi connectivity index (χ0v) is 23.4. The van der Waals surface area contributed by atoms with Crippen molar-refractivity contribution in [3.8, 4) is 0 Å². The van der Waals surface area contributed by atoms with Gasteiger partial charge in [0, 0.05) is 67.1 Å². The number of hydrogen-bond donors (Lipinski definition) is 2. The molecule has 5 rings (SSSR count). The van der Waals surface area contributed by atoms with Crippen LogP contribution in [-0.4, -0.2) is 72.9 Å². The van der Waals surface area contributed by atoms with E-state index in [1.807, 2.05) is 39.0 Å². The Labute approximate surface area is 225 Å². The molecule has 1 aromatic heterocycles. The maximum Gasteiger partial charge on any atom is 0.243 e. The zero-order chi connectivity index (χ0) is 26.9. The fourth-order valence-corrected chi connectivity index (χ4v) is 7.14. The lowest BCUT2D eigenvalue weighted by atomic mass is 10.2. The highest BCUT2D eigenvalue weighted by Gasteiger charge is 2.37. The molecule has 2 N–H and O–H groups in total. The summed E-state index contributed by atoms with van der Waals surface area (Å²) in [6.07, 6.45) is 3.52. The minimum absolute atomic E-state index is 0.0000190. The molecule has 0 saturated carbocycles. The van der Waals surface area contributed by atoms with Crippen molar-refractivity contribution in [1.82, 2.24) is 19.2 Å². The highest BCUT2D eigenvalue weighted by molar-refractivity contribution is 7.89. The first-order chi connectivity index (χ1) is 18.2. The molecule has 0 bridgehead atoms. The SMILES string of the molecule is Cc1cnc(Nc2ccc(N3CCN(C)CC3)cc2)nc1Nc1cccc(S(=O)(=O)N2C(C)CCC2C)c1. The number of piperazine rings is 1. The van der Waals surface area contributed by atoms with Crippen molar-refractivity contribution in [2.45, 2.75) is 50.6 Å². The van der Waals surface area contributed by atoms with E-state index in [9.17, 15) is 8.42 Å². The Morgan fingerprint density at radius 2 is 1.58 bits per heavy atom. The third-order valence-corrected chi connectivity index (χ3v) is 9.63. The molecular weight excluding hydrogens is 498 g/mol. The standard InChI is InChI=1S/C28H37N7O2S/c1-20-19-29-28(31-23-10-12-25(13-11-23)34-16-14-33(4)15-17-34)32-27(20)30-24-6-5-7-26(18-24)38(36,37)35-21(2)8-9-22(35)3/h5-7,10-13,18-19,21-22H,8-9,14-17H2,1-4H3,(H2,29,30,31,32). The summed E-state index contributed by atoms with van der Waals surface area (Å²) in [4.78, 5) is 14.1. The summed E-state index contributed by atoms with van der Waals surface area (Å²) >= 11 is 0. The van der Waals surface area contributed by atoms with Crippen molar-refractivity contribution < 1.29 is 8.42 Å². The molecule has 202 valence electrons. The summed E-state index contributed by atoms with van der Waals surface area (Å²) in [5.74, 6) is 1.09. The van der Waals surface area contributed by atoms with E-state index in [2.05, 4.69) is 49.6 Å². The molecule has 38 heavy (non-hydrogen) atoms. The topological polar surface area (TPSA) is 93.7 Å². The van der Waals surface area contributed by atoms with E-state index in [1.54, 1.807) is 28.7 Å². The molecule has 2 aliphatic heterocycles. The molecule has 3 heterocycles. The van der Waals surface area contributed by atoms with Crippen LogP contribution in [0.2, 0.25) is 0 Å². The van der Waals surface area contributed by atoms with Crippen molar-refractivity contribution in [2.75, 3.05) is 48.8 Å². The molecule has 2 fully saturated rings. The van der Waals surface area contributed by atoms with E-state index in [4.69, 9.17) is 0 Å². The van der Waals surface area contributed by atoms with Gasteiger partial charge in [-0.1, -0.05) is 6.07 Å². The predicted molar refractivity (Wildman–Crippen MR) is 153 cm³/mol. The van der Waals surface area contributed by atoms with Crippen molar-refractivity contribution in [3.05, 3.63) is 60.3 Å². The Hall–Kier alpha value is -3.21. The number of rotatable bonds is 7. The second kappa shape index (κ2) is 10.9. The van der Waals surface area contributed by atoms with E-state index >= 15 is 0 Å². The summed E-state index contributed by atoms with van der Waals surface area (Å²) < 4.78 is 28.4. The molecule has 0 amide bonds. The number of aromatic nitrogens is 2. The normalized spacial score (nSPS) is 21.0. The van der Waals surface area contributed by atoms with Crippen LogP contribution in [0.25, 0.3) is 0 Å². The molecule has 2 aliphatic rings. The van der Waals surface area contributed by atoms with Crippen molar-refractivity contribution in [1.29, 1.82) is 0 Å². The minimum Gasteiger partial charge on any atom is -0.369 e. The lowest BCUT2D eigenvalue weighted by Gasteiger charge is -2.34. The van der Waals surface area contributed by atoms with Gasteiger partial charge in [-0.2, -0.15) is 9.29 Å². The van der Waals surface area contributed by atoms with Gasteiger partial charge in [-0.25, -0.2) is 13.4 Å². The van der Waals surface area contributed by atoms with Gasteiger partial charge >= 0.3 is 0 Å². The number of nitrogens with zero attached hydrogens (tertiary/aromatic N) is 5. The highest BCUT2D eigenvalue weighted by atomic mass is 32.2. The number of sulfonamides is 1. The molecule has 0 radical (unpaired) electrons. The van der Waals surface area contributed by atoms with Gasteiger partial charge in [0.25, 0.3) is 0 Å². The smallest absolute Gasteiger partial charge is 0.243 e. The van der Waals surface area contributed by atoms with Crippen LogP contribution in [0.4, 0.5) is 28.8 Å². The monoisotopic (exact) mass is 535 g/mol.